The number of nitrogens with zero attached hydrogens (tertiary/aromatic N) is 3. The SMILES string of the molecule is CCCC[Si](CCCC)(c1cccc(N(c2ccccc2)c2cccc(-c3ncc[nH]3)c2)c1)c1ccccn1. The van der Waals surface area contributed by atoms with Gasteiger partial charge in [-0.25, -0.2) is 4.98 Å². The molecule has 1 N–H and O–H groups in total. The molecule has 4 nitrogen and oxygen atoms in total. The third kappa shape index (κ3) is 5.89. The maximum Gasteiger partial charge on any atom is 0.141 e. The highest BCUT2D eigenvalue weighted by Crippen LogP contribution is 2.36. The van der Waals surface area contributed by atoms with Crippen LogP contribution in [-0.2, 0) is 0 Å². The smallest absolute Gasteiger partial charge is 0.141 e. The summed E-state index contributed by atoms with van der Waals surface area (Å²) in [6, 6.07) is 37.6. The normalized spacial score (nSPS) is 11.4. The molecular formula is C34H38N4Si. The highest BCUT2D eigenvalue weighted by molar-refractivity contribution is 7.01. The van der Waals surface area contributed by atoms with E-state index in [2.05, 4.69) is 120 Å². The van der Waals surface area contributed by atoms with Gasteiger partial charge in [-0.3, -0.25) is 4.98 Å². The number of unbranched alkanes of at least 4 members (excludes halogenated alkanes) is 2. The second-order valence-electron chi connectivity index (χ2n) is 10.2. The fraction of sp³-hybridized carbons (Fsp3) is 0.235. The zero-order chi connectivity index (χ0) is 26.9. The largest absolute Gasteiger partial charge is 0.345 e. The van der Waals surface area contributed by atoms with Crippen molar-refractivity contribution in [3.05, 3.63) is 116 Å². The molecule has 5 rings (SSSR count). The number of rotatable bonds is 12. The van der Waals surface area contributed by atoms with Crippen molar-refractivity contribution in [1.29, 1.82) is 0 Å². The number of H-pyrrole nitrogens is 1. The molecule has 0 amide bonds. The molecule has 198 valence electrons. The Hall–Kier alpha value is -3.96. The van der Waals surface area contributed by atoms with Gasteiger partial charge in [0, 0.05) is 46.5 Å². The van der Waals surface area contributed by atoms with E-state index in [0.717, 1.165) is 22.8 Å². The highest BCUT2D eigenvalue weighted by atomic mass is 28.3. The Kier molecular flexibility index (Phi) is 8.69. The average molecular weight is 531 g/mol. The number of hydrogen-bond donors (Lipinski definition) is 1. The molecule has 0 saturated heterocycles. The standard InChI is InChI=1S/C34H38N4Si/c1-3-5-24-39(25-6-4-2,33-20-10-11-21-35-33)32-19-13-18-31(27-32)38(29-15-8-7-9-16-29)30-17-12-14-28(26-30)34-36-22-23-37-34/h7-23,26-27H,3-6,24-25H2,1-2H3,(H,36,37). The maximum absolute atomic E-state index is 5.00. The van der Waals surface area contributed by atoms with E-state index in [1.54, 1.807) is 6.20 Å². The summed E-state index contributed by atoms with van der Waals surface area (Å²) < 4.78 is 0. The molecule has 39 heavy (non-hydrogen) atoms. The first-order valence-electron chi connectivity index (χ1n) is 14.2. The summed E-state index contributed by atoms with van der Waals surface area (Å²) in [7, 11) is -2.08. The van der Waals surface area contributed by atoms with Crippen molar-refractivity contribution in [1.82, 2.24) is 15.0 Å². The predicted molar refractivity (Wildman–Crippen MR) is 167 cm³/mol. The fourth-order valence-corrected chi connectivity index (χ4v) is 10.7. The van der Waals surface area contributed by atoms with Crippen LogP contribution >= 0.6 is 0 Å². The third-order valence-electron chi connectivity index (χ3n) is 7.62. The molecule has 5 aromatic rings. The van der Waals surface area contributed by atoms with Gasteiger partial charge in [0.25, 0.3) is 0 Å². The van der Waals surface area contributed by atoms with Crippen molar-refractivity contribution < 1.29 is 0 Å². The lowest BCUT2D eigenvalue weighted by Crippen LogP contribution is -2.59. The van der Waals surface area contributed by atoms with Gasteiger partial charge in [-0.05, 0) is 60.6 Å². The zero-order valence-corrected chi connectivity index (χ0v) is 24.1. The topological polar surface area (TPSA) is 44.8 Å². The number of nitrogens with one attached hydrogen (secondary N) is 1. The number of para-hydroxylation sites is 1. The minimum atomic E-state index is -2.08. The van der Waals surface area contributed by atoms with Crippen LogP contribution in [0.2, 0.25) is 12.1 Å². The molecule has 2 heterocycles. The highest BCUT2D eigenvalue weighted by Gasteiger charge is 2.37. The van der Waals surface area contributed by atoms with Gasteiger partial charge in [0.2, 0.25) is 0 Å². The van der Waals surface area contributed by atoms with Gasteiger partial charge in [0.05, 0.1) is 0 Å². The molecular weight excluding hydrogens is 492 g/mol. The molecule has 0 aliphatic carbocycles. The van der Waals surface area contributed by atoms with E-state index in [-0.39, 0.29) is 0 Å². The molecule has 3 aromatic carbocycles. The van der Waals surface area contributed by atoms with Crippen molar-refractivity contribution in [3.63, 3.8) is 0 Å². The van der Waals surface area contributed by atoms with Gasteiger partial charge >= 0.3 is 0 Å². The van der Waals surface area contributed by atoms with E-state index in [1.165, 1.54) is 54.0 Å². The van der Waals surface area contributed by atoms with Gasteiger partial charge in [-0.15, -0.1) is 0 Å². The Labute approximate surface area is 233 Å². The van der Waals surface area contributed by atoms with Crippen LogP contribution in [0.5, 0.6) is 0 Å². The summed E-state index contributed by atoms with van der Waals surface area (Å²) in [5.74, 6) is 0.874. The quantitative estimate of drug-likeness (QED) is 0.166. The van der Waals surface area contributed by atoms with E-state index < -0.39 is 8.07 Å². The van der Waals surface area contributed by atoms with E-state index in [4.69, 9.17) is 4.98 Å². The predicted octanol–water partition coefficient (Wildman–Crippen LogP) is 8.10. The van der Waals surface area contributed by atoms with Crippen LogP contribution in [0.25, 0.3) is 11.4 Å². The number of aromatic amines is 1. The maximum atomic E-state index is 5.00. The molecule has 0 atom stereocenters. The number of benzene rings is 3. The van der Waals surface area contributed by atoms with Crippen molar-refractivity contribution in [2.45, 2.75) is 51.6 Å². The number of hydrogen-bond acceptors (Lipinski definition) is 3. The number of imidazole rings is 1. The van der Waals surface area contributed by atoms with E-state index >= 15 is 0 Å². The second kappa shape index (κ2) is 12.7. The number of pyridine rings is 1. The van der Waals surface area contributed by atoms with Crippen LogP contribution < -0.4 is 15.4 Å². The van der Waals surface area contributed by atoms with E-state index in [9.17, 15) is 0 Å². The summed E-state index contributed by atoms with van der Waals surface area (Å²) in [6.45, 7) is 4.61. The summed E-state index contributed by atoms with van der Waals surface area (Å²) in [4.78, 5) is 15.1. The van der Waals surface area contributed by atoms with Gasteiger partial charge in [-0.2, -0.15) is 0 Å². The van der Waals surface area contributed by atoms with Crippen LogP contribution in [0.1, 0.15) is 39.5 Å². The second-order valence-corrected chi connectivity index (χ2v) is 14.5. The molecule has 0 unspecified atom stereocenters. The van der Waals surface area contributed by atoms with Gasteiger partial charge in [0.1, 0.15) is 13.9 Å². The van der Waals surface area contributed by atoms with Crippen LogP contribution in [-0.4, -0.2) is 23.0 Å². The first-order chi connectivity index (χ1) is 19.2. The first kappa shape index (κ1) is 26.6. The average Bonchev–Trinajstić information content (AvgIpc) is 3.55. The Morgan fingerprint density at radius 2 is 1.36 bits per heavy atom. The van der Waals surface area contributed by atoms with Crippen molar-refractivity contribution >= 4 is 35.6 Å². The van der Waals surface area contributed by atoms with Crippen molar-refractivity contribution in [3.8, 4) is 11.4 Å². The minimum absolute atomic E-state index is 0.874. The molecule has 0 bridgehead atoms. The van der Waals surface area contributed by atoms with Crippen molar-refractivity contribution in [2.75, 3.05) is 4.90 Å². The van der Waals surface area contributed by atoms with E-state index in [1.807, 2.05) is 18.5 Å². The summed E-state index contributed by atoms with van der Waals surface area (Å²) in [5.41, 5.74) is 4.49. The van der Waals surface area contributed by atoms with Crippen LogP contribution in [0, 0.1) is 0 Å². The summed E-state index contributed by atoms with van der Waals surface area (Å²) >= 11 is 0. The minimum Gasteiger partial charge on any atom is -0.345 e. The lowest BCUT2D eigenvalue weighted by atomic mass is 10.1. The Balaban J connectivity index is 1.66. The van der Waals surface area contributed by atoms with Gasteiger partial charge in [0.15, 0.2) is 0 Å². The summed E-state index contributed by atoms with van der Waals surface area (Å²) in [6.07, 6.45) is 10.5. The molecule has 0 radical (unpaired) electrons. The Morgan fingerprint density at radius 1 is 0.667 bits per heavy atom. The molecule has 0 aliphatic rings. The monoisotopic (exact) mass is 530 g/mol. The number of anilines is 3. The molecule has 0 saturated carbocycles. The zero-order valence-electron chi connectivity index (χ0n) is 23.1. The van der Waals surface area contributed by atoms with Crippen LogP contribution in [0.3, 0.4) is 0 Å². The van der Waals surface area contributed by atoms with Gasteiger partial charge in [-0.1, -0.05) is 93.2 Å². The summed E-state index contributed by atoms with van der Waals surface area (Å²) in [5, 5.41) is 2.79. The Bertz CT molecular complexity index is 1430. The van der Waals surface area contributed by atoms with E-state index in [0.29, 0.717) is 0 Å². The lowest BCUT2D eigenvalue weighted by Gasteiger charge is -2.34. The number of aromatic nitrogens is 3. The first-order valence-corrected chi connectivity index (χ1v) is 16.6. The van der Waals surface area contributed by atoms with Crippen LogP contribution in [0.15, 0.2) is 116 Å². The van der Waals surface area contributed by atoms with Crippen LogP contribution in [0.4, 0.5) is 17.1 Å². The van der Waals surface area contributed by atoms with Crippen molar-refractivity contribution in [2.24, 2.45) is 0 Å². The fourth-order valence-electron chi connectivity index (χ4n) is 5.60. The lowest BCUT2D eigenvalue weighted by molar-refractivity contribution is 0.836. The third-order valence-corrected chi connectivity index (χ3v) is 12.7. The molecule has 0 fully saturated rings. The molecule has 0 spiro atoms. The Morgan fingerprint density at radius 3 is 2.03 bits per heavy atom. The molecule has 2 aromatic heterocycles. The van der Waals surface area contributed by atoms with Gasteiger partial charge < -0.3 is 9.88 Å². The molecule has 0 aliphatic heterocycles. The molecule has 5 heteroatoms.